The van der Waals surface area contributed by atoms with Gasteiger partial charge in [0.25, 0.3) is 11.1 Å². The largest absolute Gasteiger partial charge is 0.372 e. The van der Waals surface area contributed by atoms with Crippen LogP contribution in [0, 0.1) is 25.7 Å². The van der Waals surface area contributed by atoms with Gasteiger partial charge in [-0.05, 0) is 103 Å². The number of carbonyl (C=O) groups is 2. The first kappa shape index (κ1) is 58.3. The number of carbonyl (C=O) groups excluding carboxylic acids is 2. The lowest BCUT2D eigenvalue weighted by Crippen LogP contribution is -2.35. The number of benzene rings is 5. The first-order chi connectivity index (χ1) is 40.2. The summed E-state index contributed by atoms with van der Waals surface area (Å²) < 4.78 is 19.5. The fraction of sp³-hybridized carbons (Fsp3) is 0.312. The molecule has 16 nitrogen and oxygen atoms in total. The number of hydrogen-bond donors (Lipinski definition) is 2. The predicted octanol–water partition coefficient (Wildman–Crippen LogP) is 12.4. The molecule has 0 bridgehead atoms. The van der Waals surface area contributed by atoms with E-state index in [4.69, 9.17) is 9.47 Å². The fourth-order valence-electron chi connectivity index (χ4n) is 11.0. The molecule has 20 heteroatoms. The van der Waals surface area contributed by atoms with Gasteiger partial charge in [0.05, 0.1) is 59.1 Å². The Labute approximate surface area is 502 Å². The first-order valence-corrected chi connectivity index (χ1v) is 31.4. The summed E-state index contributed by atoms with van der Waals surface area (Å²) in [6.07, 6.45) is 2.23. The smallest absolute Gasteiger partial charge is 0.268 e. The van der Waals surface area contributed by atoms with Crippen LogP contribution in [-0.4, -0.2) is 79.9 Å². The molecule has 2 amide bonds. The van der Waals surface area contributed by atoms with E-state index < -0.39 is 0 Å². The van der Waals surface area contributed by atoms with Crippen molar-refractivity contribution in [2.75, 3.05) is 16.8 Å². The lowest BCUT2D eigenvalue weighted by molar-refractivity contribution is -0.119. The summed E-state index contributed by atoms with van der Waals surface area (Å²) in [6.45, 7) is 15.5. The van der Waals surface area contributed by atoms with E-state index in [-0.39, 0.29) is 60.1 Å². The predicted molar refractivity (Wildman–Crippen MR) is 340 cm³/mol. The van der Waals surface area contributed by atoms with Gasteiger partial charge in [-0.25, -0.2) is 17.9 Å². The standard InChI is InChI=1S/C32H29N5O3S2.C31H33N5O3S2.CH4/c1-18(2)25-15-23-26(16-40-25)42-30-28(23)29(39)36(21-11-6-8-19(3)14-21)31-34-35-32(37(30)31)41-17-27(38)33-24-13-7-10-20-9-4-5-12-22(20)24;1-18(2)24-15-23-25(16-39-24)41-29-27(23)28(38)35(22-12-8-9-19(3)13-22)30-33-34-31(36(29)30)40-17-26(37)32-20(4)14-21-10-6-5-7-11-21;/h4-14,18,25H,15-17H2,1-3H3,(H,33,38);5-13,18,20,24H,14-17H2,1-4H3,(H,32,37);1H4. The van der Waals surface area contributed by atoms with Gasteiger partial charge < -0.3 is 20.1 Å². The van der Waals surface area contributed by atoms with Crippen molar-refractivity contribution >= 4 is 106 Å². The highest BCUT2D eigenvalue weighted by molar-refractivity contribution is 8.00. The van der Waals surface area contributed by atoms with Crippen LogP contribution < -0.4 is 21.8 Å². The highest BCUT2D eigenvalue weighted by atomic mass is 32.2. The molecular formula is C64H66N10O6S4. The van der Waals surface area contributed by atoms with E-state index in [1.54, 1.807) is 31.8 Å². The van der Waals surface area contributed by atoms with Gasteiger partial charge in [0.2, 0.25) is 23.4 Å². The summed E-state index contributed by atoms with van der Waals surface area (Å²) in [7, 11) is 0. The molecule has 6 aromatic heterocycles. The first-order valence-electron chi connectivity index (χ1n) is 27.8. The Morgan fingerprint density at radius 2 is 1.11 bits per heavy atom. The molecule has 13 rings (SSSR count). The number of nitrogens with one attached hydrogen (secondary N) is 2. The van der Waals surface area contributed by atoms with E-state index in [2.05, 4.69) is 70.9 Å². The Hall–Kier alpha value is -7.46. The van der Waals surface area contributed by atoms with E-state index >= 15 is 0 Å². The van der Waals surface area contributed by atoms with Gasteiger partial charge in [-0.3, -0.25) is 19.2 Å². The molecule has 0 saturated carbocycles. The van der Waals surface area contributed by atoms with E-state index in [0.29, 0.717) is 70.5 Å². The average molecular weight is 1200 g/mol. The number of thioether (sulfide) groups is 2. The minimum Gasteiger partial charge on any atom is -0.372 e. The number of rotatable bonds is 14. The number of aryl methyl sites for hydroxylation is 2. The second-order valence-electron chi connectivity index (χ2n) is 22.0. The number of aromatic nitrogens is 8. The van der Waals surface area contributed by atoms with Gasteiger partial charge in [-0.1, -0.05) is 150 Å². The zero-order valence-electron chi connectivity index (χ0n) is 47.0. The molecule has 8 heterocycles. The number of fused-ring (bicyclic) bond motifs is 11. The summed E-state index contributed by atoms with van der Waals surface area (Å²) in [5.41, 5.74) is 7.40. The van der Waals surface area contributed by atoms with Gasteiger partial charge in [0.1, 0.15) is 9.66 Å². The molecular weight excluding hydrogens is 1130 g/mol. The second-order valence-corrected chi connectivity index (χ2v) is 26.0. The Kier molecular flexibility index (Phi) is 17.1. The van der Waals surface area contributed by atoms with Crippen molar-refractivity contribution in [1.82, 2.24) is 43.6 Å². The number of ether oxygens (including phenoxy) is 2. The average Bonchev–Trinajstić information content (AvgIpc) is 3.22. The molecule has 0 saturated heterocycles. The fourth-order valence-corrected chi connectivity index (χ4v) is 15.1. The van der Waals surface area contributed by atoms with E-state index in [1.165, 1.54) is 29.1 Å². The van der Waals surface area contributed by atoms with Crippen LogP contribution in [0.4, 0.5) is 5.69 Å². The van der Waals surface area contributed by atoms with Crippen LogP contribution in [-0.2, 0) is 51.5 Å². The number of anilines is 1. The van der Waals surface area contributed by atoms with Crippen LogP contribution in [0.15, 0.2) is 141 Å². The van der Waals surface area contributed by atoms with E-state index in [9.17, 15) is 19.2 Å². The lowest BCUT2D eigenvalue weighted by Gasteiger charge is -2.26. The minimum atomic E-state index is -0.144. The number of hydrogen-bond acceptors (Lipinski definition) is 14. The highest BCUT2D eigenvalue weighted by Gasteiger charge is 2.33. The monoisotopic (exact) mass is 1200 g/mol. The van der Waals surface area contributed by atoms with Crippen LogP contribution >= 0.6 is 46.2 Å². The normalized spacial score (nSPS) is 15.3. The molecule has 3 atom stereocenters. The second kappa shape index (κ2) is 24.6. The number of nitrogens with zero attached hydrogens (tertiary/aromatic N) is 8. The lowest BCUT2D eigenvalue weighted by atomic mass is 9.96. The molecule has 84 heavy (non-hydrogen) atoms. The third kappa shape index (κ3) is 11.5. The molecule has 0 spiro atoms. The van der Waals surface area contributed by atoms with Gasteiger partial charge in [0, 0.05) is 39.7 Å². The van der Waals surface area contributed by atoms with Crippen molar-refractivity contribution in [3.8, 4) is 11.4 Å². The molecule has 0 radical (unpaired) electrons. The molecule has 2 N–H and O–H groups in total. The maximum Gasteiger partial charge on any atom is 0.268 e. The van der Waals surface area contributed by atoms with Gasteiger partial charge in [-0.15, -0.1) is 43.1 Å². The molecule has 3 unspecified atom stereocenters. The summed E-state index contributed by atoms with van der Waals surface area (Å²) in [6, 6.07) is 39.6. The minimum absolute atomic E-state index is 0. The van der Waals surface area contributed by atoms with Crippen molar-refractivity contribution in [2.45, 2.75) is 117 Å². The summed E-state index contributed by atoms with van der Waals surface area (Å²) in [5, 5.41) is 28.6. The summed E-state index contributed by atoms with van der Waals surface area (Å²) >= 11 is 5.75. The maximum atomic E-state index is 14.2. The number of thiophene rings is 2. The summed E-state index contributed by atoms with van der Waals surface area (Å²) in [4.78, 5) is 58.2. The topological polar surface area (TPSA) is 181 Å². The third-order valence-corrected chi connectivity index (χ3v) is 19.5. The van der Waals surface area contributed by atoms with Crippen LogP contribution in [0.2, 0.25) is 0 Å². The van der Waals surface area contributed by atoms with Crippen LogP contribution in [0.5, 0.6) is 0 Å². The van der Waals surface area contributed by atoms with Crippen molar-refractivity contribution in [3.05, 3.63) is 180 Å². The van der Waals surface area contributed by atoms with Crippen molar-refractivity contribution < 1.29 is 19.1 Å². The molecule has 2 aliphatic heterocycles. The third-order valence-electron chi connectivity index (χ3n) is 15.2. The Balaban J connectivity index is 0.000000173. The van der Waals surface area contributed by atoms with E-state index in [0.717, 1.165) is 75.9 Å². The van der Waals surface area contributed by atoms with E-state index in [1.807, 2.05) is 139 Å². The molecule has 2 aliphatic rings. The van der Waals surface area contributed by atoms with Crippen molar-refractivity contribution in [1.29, 1.82) is 0 Å². The van der Waals surface area contributed by atoms with Gasteiger partial charge in [0.15, 0.2) is 10.3 Å². The maximum absolute atomic E-state index is 14.2. The number of amides is 2. The molecule has 5 aromatic carbocycles. The van der Waals surface area contributed by atoms with Gasteiger partial charge in [-0.2, -0.15) is 0 Å². The molecule has 11 aromatic rings. The molecule has 432 valence electrons. The molecule has 0 aliphatic carbocycles. The van der Waals surface area contributed by atoms with Crippen LogP contribution in [0.1, 0.15) is 79.6 Å². The zero-order chi connectivity index (χ0) is 57.6. The summed E-state index contributed by atoms with van der Waals surface area (Å²) in [5.74, 6) is 1.64. The highest BCUT2D eigenvalue weighted by Crippen LogP contribution is 2.40. The Bertz CT molecular complexity index is 4400. The van der Waals surface area contributed by atoms with Gasteiger partial charge >= 0.3 is 0 Å². The Morgan fingerprint density at radius 1 is 0.619 bits per heavy atom. The molecule has 0 fully saturated rings. The van der Waals surface area contributed by atoms with Crippen LogP contribution in [0.3, 0.4) is 0 Å². The zero-order valence-corrected chi connectivity index (χ0v) is 50.3. The van der Waals surface area contributed by atoms with Crippen LogP contribution in [0.25, 0.3) is 54.1 Å². The van der Waals surface area contributed by atoms with Crippen molar-refractivity contribution in [3.63, 3.8) is 0 Å². The van der Waals surface area contributed by atoms with Crippen molar-refractivity contribution in [2.24, 2.45) is 11.8 Å². The SMILES string of the molecule is C.Cc1cccc(-n2c(=O)c3c4c(sc3n3c(SCC(=O)NC(C)Cc5ccccc5)nnc23)COC(C(C)C)C4)c1.Cc1cccc(-n2c(=O)c3c4c(sc3n3c(SCC(=O)Nc5cccc6ccccc56)nnc23)COC(C(C)C)C4)c1. The quantitative estimate of drug-likeness (QED) is 0.0985. The Morgan fingerprint density at radius 3 is 1.63 bits per heavy atom.